The second kappa shape index (κ2) is 7.45. The quantitative estimate of drug-likeness (QED) is 0.820. The number of carbonyl (C=O) groups is 1. The molecule has 0 spiro atoms. The van der Waals surface area contributed by atoms with Crippen molar-refractivity contribution in [2.75, 3.05) is 14.1 Å². The molecule has 0 radical (unpaired) electrons. The van der Waals surface area contributed by atoms with Crippen molar-refractivity contribution in [1.82, 2.24) is 10.2 Å². The van der Waals surface area contributed by atoms with Crippen LogP contribution < -0.4 is 5.32 Å². The Labute approximate surface area is 123 Å². The van der Waals surface area contributed by atoms with Gasteiger partial charge in [-0.25, -0.2) is 13.2 Å². The number of carbonyl (C=O) groups excluding carboxylic acids is 1. The Bertz CT molecular complexity index is 504. The van der Waals surface area contributed by atoms with E-state index in [0.717, 1.165) is 6.07 Å². The Morgan fingerprint density at radius 2 is 1.71 bits per heavy atom. The third kappa shape index (κ3) is 5.04. The van der Waals surface area contributed by atoms with Gasteiger partial charge in [0.05, 0.1) is 6.04 Å². The molecule has 1 N–H and O–H groups in total. The summed E-state index contributed by atoms with van der Waals surface area (Å²) in [6, 6.07) is 0.828. The van der Waals surface area contributed by atoms with E-state index >= 15 is 0 Å². The topological polar surface area (TPSA) is 32.3 Å². The predicted octanol–water partition coefficient (Wildman–Crippen LogP) is 2.70. The Morgan fingerprint density at radius 3 is 2.24 bits per heavy atom. The number of nitrogens with one attached hydrogen (secondary N) is 1. The number of likely N-dealkylation sites (N-methyl/N-ethyl adjacent to an activating group) is 1. The highest BCUT2D eigenvalue weighted by Gasteiger charge is 2.21. The molecular weight excluding hydrogens is 281 g/mol. The molecule has 0 aromatic heterocycles. The van der Waals surface area contributed by atoms with Crippen molar-refractivity contribution >= 4 is 5.91 Å². The first-order chi connectivity index (χ1) is 9.72. The largest absolute Gasteiger partial charge is 0.347 e. The lowest BCUT2D eigenvalue weighted by Gasteiger charge is -2.23. The Morgan fingerprint density at radius 1 is 1.14 bits per heavy atom. The highest BCUT2D eigenvalue weighted by molar-refractivity contribution is 5.81. The number of hydrogen-bond donors (Lipinski definition) is 1. The average molecular weight is 302 g/mol. The van der Waals surface area contributed by atoms with E-state index in [9.17, 15) is 18.0 Å². The van der Waals surface area contributed by atoms with Gasteiger partial charge < -0.3 is 10.2 Å². The highest BCUT2D eigenvalue weighted by atomic mass is 19.2. The third-order valence-corrected chi connectivity index (χ3v) is 3.07. The molecule has 1 unspecified atom stereocenters. The number of amides is 1. The van der Waals surface area contributed by atoms with Crippen molar-refractivity contribution in [2.45, 2.75) is 32.9 Å². The van der Waals surface area contributed by atoms with Crippen LogP contribution in [0.25, 0.3) is 0 Å². The zero-order valence-corrected chi connectivity index (χ0v) is 12.7. The minimum atomic E-state index is -1.22. The van der Waals surface area contributed by atoms with Gasteiger partial charge in [0, 0.05) is 32.3 Å². The van der Waals surface area contributed by atoms with Crippen molar-refractivity contribution in [3.8, 4) is 0 Å². The van der Waals surface area contributed by atoms with Gasteiger partial charge in [0.2, 0.25) is 5.91 Å². The zero-order valence-electron chi connectivity index (χ0n) is 12.7. The van der Waals surface area contributed by atoms with Crippen LogP contribution in [0.1, 0.15) is 25.8 Å². The summed E-state index contributed by atoms with van der Waals surface area (Å²) < 4.78 is 39.6. The lowest BCUT2D eigenvalue weighted by Crippen LogP contribution is -2.44. The van der Waals surface area contributed by atoms with Gasteiger partial charge >= 0.3 is 0 Å². The summed E-state index contributed by atoms with van der Waals surface area (Å²) in [5.74, 6) is -3.03. The zero-order chi connectivity index (χ0) is 16.2. The van der Waals surface area contributed by atoms with Crippen molar-refractivity contribution < 1.29 is 18.0 Å². The van der Waals surface area contributed by atoms with E-state index in [2.05, 4.69) is 5.32 Å². The molecule has 1 atom stereocenters. The van der Waals surface area contributed by atoms with E-state index in [4.69, 9.17) is 0 Å². The number of hydrogen-bond acceptors (Lipinski definition) is 2. The molecule has 6 heteroatoms. The molecule has 0 bridgehead atoms. The molecule has 0 saturated heterocycles. The van der Waals surface area contributed by atoms with Gasteiger partial charge in [-0.15, -0.1) is 0 Å². The molecule has 0 heterocycles. The molecule has 1 aromatic carbocycles. The number of rotatable bonds is 6. The van der Waals surface area contributed by atoms with Crippen LogP contribution in [0.4, 0.5) is 13.2 Å². The van der Waals surface area contributed by atoms with Crippen LogP contribution in [0.5, 0.6) is 0 Å². The number of halogens is 3. The van der Waals surface area contributed by atoms with Crippen LogP contribution in [-0.2, 0) is 11.3 Å². The Kier molecular flexibility index (Phi) is 6.20. The van der Waals surface area contributed by atoms with Gasteiger partial charge in [0.15, 0.2) is 11.6 Å². The first-order valence-electron chi connectivity index (χ1n) is 6.80. The van der Waals surface area contributed by atoms with Crippen LogP contribution >= 0.6 is 0 Å². The molecule has 21 heavy (non-hydrogen) atoms. The fourth-order valence-corrected chi connectivity index (χ4v) is 1.99. The van der Waals surface area contributed by atoms with Crippen LogP contribution in [-0.4, -0.2) is 30.9 Å². The second-order valence-electron chi connectivity index (χ2n) is 5.65. The Hall–Kier alpha value is -1.56. The molecule has 118 valence electrons. The summed E-state index contributed by atoms with van der Waals surface area (Å²) in [7, 11) is 3.27. The minimum Gasteiger partial charge on any atom is -0.347 e. The maximum Gasteiger partial charge on any atom is 0.239 e. The summed E-state index contributed by atoms with van der Waals surface area (Å²) in [5, 5.41) is 2.92. The fraction of sp³-hybridized carbons (Fsp3) is 0.533. The highest BCUT2D eigenvalue weighted by Crippen LogP contribution is 2.15. The SMILES string of the molecule is CC(C)CC(NCc1cc(F)c(F)cc1F)C(=O)N(C)C. The molecule has 3 nitrogen and oxygen atoms in total. The molecule has 0 fully saturated rings. The van der Waals surface area contributed by atoms with E-state index in [-0.39, 0.29) is 23.9 Å². The van der Waals surface area contributed by atoms with E-state index in [1.807, 2.05) is 13.8 Å². The monoisotopic (exact) mass is 302 g/mol. The van der Waals surface area contributed by atoms with Crippen LogP contribution in [0.2, 0.25) is 0 Å². The normalized spacial score (nSPS) is 12.6. The maximum absolute atomic E-state index is 13.6. The van der Waals surface area contributed by atoms with E-state index < -0.39 is 23.5 Å². The van der Waals surface area contributed by atoms with Crippen LogP contribution in [0.15, 0.2) is 12.1 Å². The predicted molar refractivity (Wildman–Crippen MR) is 75.1 cm³/mol. The van der Waals surface area contributed by atoms with E-state index in [1.54, 1.807) is 14.1 Å². The third-order valence-electron chi connectivity index (χ3n) is 3.07. The first kappa shape index (κ1) is 17.5. The summed E-state index contributed by atoms with van der Waals surface area (Å²) in [6.45, 7) is 3.89. The minimum absolute atomic E-state index is 0.00536. The van der Waals surface area contributed by atoms with Gasteiger partial charge in [-0.3, -0.25) is 4.79 Å². The second-order valence-corrected chi connectivity index (χ2v) is 5.65. The standard InChI is InChI=1S/C15H21F3N2O/c1-9(2)5-14(15(21)20(3)4)19-8-10-6-12(17)13(18)7-11(10)16/h6-7,9,14,19H,5,8H2,1-4H3. The van der Waals surface area contributed by atoms with E-state index in [1.165, 1.54) is 4.90 Å². The summed E-state index contributed by atoms with van der Waals surface area (Å²) in [4.78, 5) is 13.5. The first-order valence-corrected chi connectivity index (χ1v) is 6.80. The molecule has 0 aliphatic carbocycles. The molecule has 0 aliphatic rings. The van der Waals surface area contributed by atoms with Crippen molar-refractivity contribution in [3.63, 3.8) is 0 Å². The molecule has 0 saturated carbocycles. The molecule has 1 aromatic rings. The van der Waals surface area contributed by atoms with Crippen molar-refractivity contribution in [2.24, 2.45) is 5.92 Å². The smallest absolute Gasteiger partial charge is 0.239 e. The van der Waals surface area contributed by atoms with Crippen molar-refractivity contribution in [1.29, 1.82) is 0 Å². The fourth-order valence-electron chi connectivity index (χ4n) is 1.99. The molecule has 0 aliphatic heterocycles. The van der Waals surface area contributed by atoms with Crippen LogP contribution in [0.3, 0.4) is 0 Å². The number of benzene rings is 1. The van der Waals surface area contributed by atoms with Gasteiger partial charge in [-0.05, 0) is 18.4 Å². The molecule has 1 rings (SSSR count). The summed E-state index contributed by atoms with van der Waals surface area (Å²) in [6.07, 6.45) is 0.572. The van der Waals surface area contributed by atoms with Crippen molar-refractivity contribution in [3.05, 3.63) is 35.1 Å². The summed E-state index contributed by atoms with van der Waals surface area (Å²) >= 11 is 0. The lowest BCUT2D eigenvalue weighted by atomic mass is 10.0. The average Bonchev–Trinajstić information content (AvgIpc) is 2.38. The van der Waals surface area contributed by atoms with Gasteiger partial charge in [0.1, 0.15) is 5.82 Å². The maximum atomic E-state index is 13.6. The van der Waals surface area contributed by atoms with E-state index in [0.29, 0.717) is 12.5 Å². The lowest BCUT2D eigenvalue weighted by molar-refractivity contribution is -0.131. The summed E-state index contributed by atoms with van der Waals surface area (Å²) in [5.41, 5.74) is -0.00536. The molecular formula is C15H21F3N2O. The van der Waals surface area contributed by atoms with Gasteiger partial charge in [-0.1, -0.05) is 13.8 Å². The Balaban J connectivity index is 2.81. The number of nitrogens with zero attached hydrogens (tertiary/aromatic N) is 1. The van der Waals surface area contributed by atoms with Crippen LogP contribution in [0, 0.1) is 23.4 Å². The van der Waals surface area contributed by atoms with Gasteiger partial charge in [-0.2, -0.15) is 0 Å². The van der Waals surface area contributed by atoms with Gasteiger partial charge in [0.25, 0.3) is 0 Å². The molecule has 1 amide bonds.